The highest BCUT2D eigenvalue weighted by Crippen LogP contribution is 2.35. The average molecular weight is 274 g/mol. The predicted octanol–water partition coefficient (Wildman–Crippen LogP) is 3.41. The molecule has 1 aromatic carbocycles. The Morgan fingerprint density at radius 1 is 1.20 bits per heavy atom. The maximum Gasteiger partial charge on any atom is 0.230 e. The predicted molar refractivity (Wildman–Crippen MR) is 84.0 cm³/mol. The van der Waals surface area contributed by atoms with E-state index < -0.39 is 0 Å². The van der Waals surface area contributed by atoms with Gasteiger partial charge >= 0.3 is 0 Å². The third-order valence-corrected chi connectivity index (χ3v) is 4.25. The van der Waals surface area contributed by atoms with Crippen molar-refractivity contribution in [3.63, 3.8) is 0 Å². The molecule has 3 nitrogen and oxygen atoms in total. The molecule has 0 aliphatic carbocycles. The number of amides is 1. The minimum Gasteiger partial charge on any atom is -0.326 e. The highest BCUT2D eigenvalue weighted by Gasteiger charge is 2.38. The van der Waals surface area contributed by atoms with Gasteiger partial charge in [0.2, 0.25) is 5.91 Å². The molecule has 3 heteroatoms. The Morgan fingerprint density at radius 2 is 1.80 bits per heavy atom. The van der Waals surface area contributed by atoms with Crippen molar-refractivity contribution in [1.82, 2.24) is 5.32 Å². The standard InChI is InChI=1S/C17H26N2O/c1-4-5-17(6-8-18-9-7-17)16(20)19-15-11-13(2)10-14(3)12-15/h10-12,18H,4-9H2,1-3H3,(H,19,20). The maximum atomic E-state index is 12.8. The SMILES string of the molecule is CCCC1(C(=O)Nc2cc(C)cc(C)c2)CCNCC1. The summed E-state index contributed by atoms with van der Waals surface area (Å²) in [7, 11) is 0. The van der Waals surface area contributed by atoms with Crippen molar-refractivity contribution in [2.75, 3.05) is 18.4 Å². The lowest BCUT2D eigenvalue weighted by molar-refractivity contribution is -0.127. The topological polar surface area (TPSA) is 41.1 Å². The first-order chi connectivity index (χ1) is 9.55. The first kappa shape index (κ1) is 15.0. The van der Waals surface area contributed by atoms with E-state index in [1.54, 1.807) is 0 Å². The maximum absolute atomic E-state index is 12.8. The summed E-state index contributed by atoms with van der Waals surface area (Å²) in [6.07, 6.45) is 3.92. The van der Waals surface area contributed by atoms with E-state index in [2.05, 4.69) is 37.5 Å². The molecule has 0 unspecified atom stereocenters. The summed E-state index contributed by atoms with van der Waals surface area (Å²) in [4.78, 5) is 12.8. The highest BCUT2D eigenvalue weighted by atomic mass is 16.2. The van der Waals surface area contributed by atoms with E-state index in [9.17, 15) is 4.79 Å². The Kier molecular flexibility index (Phi) is 4.81. The van der Waals surface area contributed by atoms with Gasteiger partial charge in [0.15, 0.2) is 0 Å². The van der Waals surface area contributed by atoms with Crippen molar-refractivity contribution in [1.29, 1.82) is 0 Å². The molecule has 1 saturated heterocycles. The van der Waals surface area contributed by atoms with Crippen molar-refractivity contribution < 1.29 is 4.79 Å². The van der Waals surface area contributed by atoms with E-state index in [0.29, 0.717) is 0 Å². The second-order valence-corrected chi connectivity index (χ2v) is 6.11. The van der Waals surface area contributed by atoms with Crippen LogP contribution in [0.4, 0.5) is 5.69 Å². The minimum atomic E-state index is -0.183. The number of hydrogen-bond acceptors (Lipinski definition) is 2. The minimum absolute atomic E-state index is 0.183. The number of aryl methyl sites for hydroxylation is 2. The molecule has 2 N–H and O–H groups in total. The van der Waals surface area contributed by atoms with Crippen LogP contribution in [0.25, 0.3) is 0 Å². The van der Waals surface area contributed by atoms with Gasteiger partial charge in [-0.15, -0.1) is 0 Å². The Morgan fingerprint density at radius 3 is 2.35 bits per heavy atom. The largest absolute Gasteiger partial charge is 0.326 e. The summed E-state index contributed by atoms with van der Waals surface area (Å²) in [5, 5.41) is 6.51. The van der Waals surface area contributed by atoms with Crippen LogP contribution in [0, 0.1) is 19.3 Å². The summed E-state index contributed by atoms with van der Waals surface area (Å²) >= 11 is 0. The molecule has 1 fully saturated rings. The Hall–Kier alpha value is -1.35. The van der Waals surface area contributed by atoms with E-state index in [1.165, 1.54) is 11.1 Å². The zero-order valence-corrected chi connectivity index (χ0v) is 12.9. The van der Waals surface area contributed by atoms with Gasteiger partial charge in [0.25, 0.3) is 0 Å². The van der Waals surface area contributed by atoms with Gasteiger partial charge in [0.05, 0.1) is 5.41 Å². The van der Waals surface area contributed by atoms with Crippen LogP contribution in [-0.2, 0) is 4.79 Å². The van der Waals surface area contributed by atoms with E-state index in [1.807, 2.05) is 12.1 Å². The van der Waals surface area contributed by atoms with Crippen molar-refractivity contribution >= 4 is 11.6 Å². The van der Waals surface area contributed by atoms with E-state index in [0.717, 1.165) is 44.5 Å². The number of carbonyl (C=O) groups is 1. The van der Waals surface area contributed by atoms with Crippen molar-refractivity contribution in [3.05, 3.63) is 29.3 Å². The zero-order chi connectivity index (χ0) is 14.6. The third-order valence-electron chi connectivity index (χ3n) is 4.25. The Balaban J connectivity index is 2.15. The molecule has 20 heavy (non-hydrogen) atoms. The van der Waals surface area contributed by atoms with Gasteiger partial charge in [-0.2, -0.15) is 0 Å². The number of rotatable bonds is 4. The summed E-state index contributed by atoms with van der Waals surface area (Å²) in [6, 6.07) is 6.22. The number of nitrogens with one attached hydrogen (secondary N) is 2. The molecule has 0 saturated carbocycles. The van der Waals surface area contributed by atoms with Crippen LogP contribution in [0.3, 0.4) is 0 Å². The number of piperidine rings is 1. The average Bonchev–Trinajstić information content (AvgIpc) is 2.38. The molecule has 1 heterocycles. The third kappa shape index (κ3) is 3.40. The molecule has 0 aromatic heterocycles. The normalized spacial score (nSPS) is 17.8. The Labute approximate surface area is 122 Å². The second kappa shape index (κ2) is 6.40. The van der Waals surface area contributed by atoms with Crippen LogP contribution < -0.4 is 10.6 Å². The fourth-order valence-electron chi connectivity index (χ4n) is 3.29. The van der Waals surface area contributed by atoms with Gasteiger partial charge < -0.3 is 10.6 Å². The molecular weight excluding hydrogens is 248 g/mol. The van der Waals surface area contributed by atoms with Crippen LogP contribution in [0.15, 0.2) is 18.2 Å². The van der Waals surface area contributed by atoms with Crippen LogP contribution >= 0.6 is 0 Å². The van der Waals surface area contributed by atoms with E-state index in [-0.39, 0.29) is 11.3 Å². The lowest BCUT2D eigenvalue weighted by Crippen LogP contribution is -2.44. The fraction of sp³-hybridized carbons (Fsp3) is 0.588. The molecule has 0 bridgehead atoms. The molecule has 2 rings (SSSR count). The Bertz CT molecular complexity index is 450. The van der Waals surface area contributed by atoms with E-state index in [4.69, 9.17) is 0 Å². The molecule has 0 spiro atoms. The lowest BCUT2D eigenvalue weighted by atomic mass is 9.74. The van der Waals surface area contributed by atoms with Gasteiger partial charge in [-0.1, -0.05) is 19.4 Å². The molecule has 1 amide bonds. The monoisotopic (exact) mass is 274 g/mol. The molecule has 1 aromatic rings. The summed E-state index contributed by atoms with van der Waals surface area (Å²) < 4.78 is 0. The lowest BCUT2D eigenvalue weighted by Gasteiger charge is -2.36. The van der Waals surface area contributed by atoms with Gasteiger partial charge in [-0.3, -0.25) is 4.79 Å². The first-order valence-corrected chi connectivity index (χ1v) is 7.66. The van der Waals surface area contributed by atoms with Gasteiger partial charge in [0, 0.05) is 5.69 Å². The molecule has 110 valence electrons. The molecule has 0 atom stereocenters. The molecule has 0 radical (unpaired) electrons. The molecule has 1 aliphatic rings. The number of carbonyl (C=O) groups excluding carboxylic acids is 1. The first-order valence-electron chi connectivity index (χ1n) is 7.66. The van der Waals surface area contributed by atoms with E-state index >= 15 is 0 Å². The number of benzene rings is 1. The highest BCUT2D eigenvalue weighted by molar-refractivity contribution is 5.95. The number of hydrogen-bond donors (Lipinski definition) is 2. The van der Waals surface area contributed by atoms with Crippen molar-refractivity contribution in [3.8, 4) is 0 Å². The molecular formula is C17H26N2O. The number of anilines is 1. The summed E-state index contributed by atoms with van der Waals surface area (Å²) in [5.41, 5.74) is 3.13. The van der Waals surface area contributed by atoms with Gasteiger partial charge in [0.1, 0.15) is 0 Å². The van der Waals surface area contributed by atoms with Gasteiger partial charge in [-0.05, 0) is 69.5 Å². The molecule has 1 aliphatic heterocycles. The van der Waals surface area contributed by atoms with Crippen LogP contribution in [0.1, 0.15) is 43.7 Å². The van der Waals surface area contributed by atoms with Crippen molar-refractivity contribution in [2.45, 2.75) is 46.5 Å². The van der Waals surface area contributed by atoms with Gasteiger partial charge in [-0.25, -0.2) is 0 Å². The summed E-state index contributed by atoms with van der Waals surface area (Å²) in [5.74, 6) is 0.200. The summed E-state index contributed by atoms with van der Waals surface area (Å²) in [6.45, 7) is 8.18. The second-order valence-electron chi connectivity index (χ2n) is 6.11. The zero-order valence-electron chi connectivity index (χ0n) is 12.9. The van der Waals surface area contributed by atoms with Crippen LogP contribution in [0.5, 0.6) is 0 Å². The van der Waals surface area contributed by atoms with Crippen LogP contribution in [-0.4, -0.2) is 19.0 Å². The quantitative estimate of drug-likeness (QED) is 0.883. The fourth-order valence-corrected chi connectivity index (χ4v) is 3.29. The van der Waals surface area contributed by atoms with Crippen molar-refractivity contribution in [2.24, 2.45) is 5.41 Å². The van der Waals surface area contributed by atoms with Crippen LogP contribution in [0.2, 0.25) is 0 Å². The smallest absolute Gasteiger partial charge is 0.230 e.